The second kappa shape index (κ2) is 49.1. The third-order valence-corrected chi connectivity index (χ3v) is 26.8. The number of fused-ring (bicyclic) bond motifs is 4. The third kappa shape index (κ3) is 27.8. The number of hydrogen-bond donors (Lipinski definition) is 13. The lowest BCUT2D eigenvalue weighted by Crippen LogP contribution is -2.63. The van der Waals surface area contributed by atoms with E-state index in [2.05, 4.69) is 47.5 Å². The van der Waals surface area contributed by atoms with E-state index in [1.807, 2.05) is 6.92 Å². The molecule has 38 heteroatoms. The van der Waals surface area contributed by atoms with E-state index in [1.54, 1.807) is 131 Å². The maximum atomic E-state index is 16.0. The quantitative estimate of drug-likeness (QED) is 0.0327. The maximum Gasteiger partial charge on any atom is 0.246 e. The molecule has 0 aliphatic carbocycles. The number of hydrogen-bond acceptors (Lipinski definition) is 19. The number of phenolic OH excluding ortho intramolecular Hbond substituents is 2. The van der Waals surface area contributed by atoms with Crippen molar-refractivity contribution in [3.05, 3.63) is 203 Å². The zero-order valence-electron chi connectivity index (χ0n) is 78.8. The van der Waals surface area contributed by atoms with E-state index in [1.165, 1.54) is 82.0 Å². The van der Waals surface area contributed by atoms with E-state index < -0.39 is 227 Å². The van der Waals surface area contributed by atoms with Gasteiger partial charge in [0.05, 0.1) is 12.3 Å². The number of piperidine rings is 1. The predicted molar refractivity (Wildman–Crippen MR) is 509 cm³/mol. The summed E-state index contributed by atoms with van der Waals surface area (Å²) in [5, 5.41) is 43.6. The van der Waals surface area contributed by atoms with Gasteiger partial charge >= 0.3 is 0 Å². The van der Waals surface area contributed by atoms with E-state index in [0.29, 0.717) is 101 Å². The third-order valence-electron chi connectivity index (χ3n) is 25.8. The summed E-state index contributed by atoms with van der Waals surface area (Å²) in [7, 11) is 3.99. The first-order valence-corrected chi connectivity index (χ1v) is 48.1. The van der Waals surface area contributed by atoms with E-state index in [0.717, 1.165) is 4.90 Å². The monoisotopic (exact) mass is 1930 g/mol. The highest BCUT2D eigenvalue weighted by Gasteiger charge is 2.49. The van der Waals surface area contributed by atoms with Crippen LogP contribution in [-0.2, 0) is 110 Å². The number of aromatic nitrogens is 1. The van der Waals surface area contributed by atoms with Gasteiger partial charge in [-0.2, -0.15) is 0 Å². The number of thioether (sulfide) groups is 1. The standard InChI is InChI=1S/C100H126F3N17O17S/c1-9-10-13-30-79-98(135)119-41-22-31-80(119)99(136)120-54-65(104)51-82(120)94(131)114-87(58(4)5)100(137)116(7)81(48-59-23-14-11-15-24-59)93(130)112-76(46-62-34-38-67(122)39-35-62)96(133)118-40-21-20-29-78(118)92(129)111-74(50-64-52-106-71-28-19-18-27-68(64)71)91(128)110-73(45-61-32-36-66(121)37-33-61)90(127)109-72(42-57(2)3)89(126)113-77(88(125)107-53-84(105)123)55-138-56-85(124)108-75(47-63-43-69(101)86(103)70(102)44-63)95(132)117(8)83(97(134)115(79)6)49-60-25-16-12-17-26-60/h11-12,14-19,23-28,32-39,43-44,52,57-58,65,72-83,87,106,121-122H,9-10,13,20-22,29-31,40-42,45-51,53-56,104H2,1-8H3,(H2,105,123)(H,107,125)(H,108,124)(H,109,127)(H,110,128)(H,111,129)(H,112,130)(H,113,126)(H,114,131)/t65-,72+,73+,74+,75+,76+,77+,78-,79+,80-,81+,82+,83+,87+/m1/s1. The fraction of sp³-hybridized carbons (Fsp3) is 0.470. The second-order valence-corrected chi connectivity index (χ2v) is 37.9. The molecule has 0 bridgehead atoms. The molecule has 7 aromatic rings. The van der Waals surface area contributed by atoms with Crippen LogP contribution < -0.4 is 54.0 Å². The first kappa shape index (κ1) is 105. The molecule has 4 fully saturated rings. The van der Waals surface area contributed by atoms with Crippen molar-refractivity contribution < 1.29 is 95.3 Å². The summed E-state index contributed by atoms with van der Waals surface area (Å²) < 4.78 is 45.3. The summed E-state index contributed by atoms with van der Waals surface area (Å²) in [4.78, 5) is 239. The van der Waals surface area contributed by atoms with Crippen LogP contribution in [0.3, 0.4) is 0 Å². The average Bonchev–Trinajstić information content (AvgIpc) is 1.45. The van der Waals surface area contributed by atoms with Crippen LogP contribution in [0.15, 0.2) is 152 Å². The molecule has 14 atom stereocenters. The van der Waals surface area contributed by atoms with Gasteiger partial charge in [0.25, 0.3) is 0 Å². The fourth-order valence-electron chi connectivity index (χ4n) is 18.2. The van der Waals surface area contributed by atoms with Crippen molar-refractivity contribution in [2.45, 2.75) is 228 Å². The molecule has 138 heavy (non-hydrogen) atoms. The van der Waals surface area contributed by atoms with Gasteiger partial charge in [-0.1, -0.05) is 157 Å². The van der Waals surface area contributed by atoms with Gasteiger partial charge in [0.15, 0.2) is 17.5 Å². The number of carbonyl (C=O) groups excluding carboxylic acids is 15. The Bertz CT molecular complexity index is 5490. The highest BCUT2D eigenvalue weighted by molar-refractivity contribution is 8.00. The maximum absolute atomic E-state index is 16.0. The summed E-state index contributed by atoms with van der Waals surface area (Å²) in [6, 6.07) is 16.8. The molecular formula is C100H126F3N17O17S. The first-order chi connectivity index (χ1) is 65.9. The molecule has 5 heterocycles. The van der Waals surface area contributed by atoms with Crippen LogP contribution >= 0.6 is 11.8 Å². The summed E-state index contributed by atoms with van der Waals surface area (Å²) in [5.41, 5.74) is 14.9. The van der Waals surface area contributed by atoms with Crippen molar-refractivity contribution in [1.29, 1.82) is 0 Å². The summed E-state index contributed by atoms with van der Waals surface area (Å²) in [6.45, 7) is 7.76. The largest absolute Gasteiger partial charge is 0.508 e. The molecule has 34 nitrogen and oxygen atoms in total. The number of phenols is 2. The molecule has 4 saturated heterocycles. The van der Waals surface area contributed by atoms with Gasteiger partial charge in [0, 0.05) is 108 Å². The molecular weight excluding hydrogens is 1800 g/mol. The van der Waals surface area contributed by atoms with Crippen molar-refractivity contribution in [3.8, 4) is 11.5 Å². The smallest absolute Gasteiger partial charge is 0.246 e. The molecule has 11 rings (SSSR count). The van der Waals surface area contributed by atoms with Gasteiger partial charge in [-0.05, 0) is 139 Å². The average molecular weight is 1930 g/mol. The predicted octanol–water partition coefficient (Wildman–Crippen LogP) is 4.56. The second-order valence-electron chi connectivity index (χ2n) is 36.9. The van der Waals surface area contributed by atoms with Crippen molar-refractivity contribution in [3.63, 3.8) is 0 Å². The number of unbranched alkanes of at least 4 members (excludes halogenated alkanes) is 2. The minimum absolute atomic E-state index is 0.0143. The molecule has 15 amide bonds. The molecule has 6 aromatic carbocycles. The summed E-state index contributed by atoms with van der Waals surface area (Å²) >= 11 is 0.702. The number of aromatic hydroxyl groups is 2. The van der Waals surface area contributed by atoms with Gasteiger partial charge in [-0.3, -0.25) is 71.9 Å². The number of carbonyl (C=O) groups is 15. The topological polar surface area (TPSA) is 480 Å². The van der Waals surface area contributed by atoms with Crippen LogP contribution in [0.5, 0.6) is 11.5 Å². The number of halogens is 3. The lowest BCUT2D eigenvalue weighted by atomic mass is 9.96. The Hall–Kier alpha value is -13.4. The van der Waals surface area contributed by atoms with Crippen LogP contribution in [0, 0.1) is 29.3 Å². The molecule has 4 aliphatic rings. The highest BCUT2D eigenvalue weighted by Crippen LogP contribution is 2.32. The number of nitrogens with two attached hydrogens (primary N) is 2. The van der Waals surface area contributed by atoms with Crippen LogP contribution in [0.1, 0.15) is 139 Å². The van der Waals surface area contributed by atoms with Gasteiger partial charge in [0.2, 0.25) is 88.6 Å². The number of H-pyrrole nitrogens is 1. The lowest BCUT2D eigenvalue weighted by molar-refractivity contribution is -0.154. The number of likely N-dealkylation sites (N-methyl/N-ethyl adjacent to an activating group) is 3. The lowest BCUT2D eigenvalue weighted by Gasteiger charge is -2.39. The van der Waals surface area contributed by atoms with Crippen LogP contribution in [0.25, 0.3) is 10.9 Å². The zero-order valence-corrected chi connectivity index (χ0v) is 79.6. The van der Waals surface area contributed by atoms with E-state index >= 15 is 66.3 Å². The summed E-state index contributed by atoms with van der Waals surface area (Å²) in [6.07, 6.45) is 2.29. The molecule has 0 unspecified atom stereocenters. The van der Waals surface area contributed by atoms with Gasteiger partial charge in [0.1, 0.15) is 90.0 Å². The molecule has 0 spiro atoms. The Morgan fingerprint density at radius 3 is 1.62 bits per heavy atom. The number of rotatable bonds is 22. The molecule has 740 valence electrons. The Kier molecular flexibility index (Phi) is 37.4. The Morgan fingerprint density at radius 2 is 1.01 bits per heavy atom. The van der Waals surface area contributed by atoms with Gasteiger partial charge < -0.3 is 98.6 Å². The van der Waals surface area contributed by atoms with Crippen LogP contribution in [0.4, 0.5) is 13.2 Å². The van der Waals surface area contributed by atoms with Crippen molar-refractivity contribution >= 4 is 111 Å². The number of nitrogens with one attached hydrogen (secondary N) is 9. The van der Waals surface area contributed by atoms with E-state index in [-0.39, 0.29) is 101 Å². The molecule has 0 saturated carbocycles. The van der Waals surface area contributed by atoms with Crippen LogP contribution in [0.2, 0.25) is 0 Å². The number of aromatic amines is 1. The van der Waals surface area contributed by atoms with Gasteiger partial charge in [-0.15, -0.1) is 11.8 Å². The molecule has 0 radical (unpaired) electrons. The molecule has 4 aliphatic heterocycles. The number of amides is 15. The summed E-state index contributed by atoms with van der Waals surface area (Å²) in [5.74, 6) is -20.7. The number of para-hydroxylation sites is 1. The SMILES string of the molecule is CCCCC[C@H]1C(=O)N2CCC[C@@H]2C(=O)N2C[C@H](N)C[C@H]2C(=O)N[C@@H](C(C)C)C(=O)N(C)[C@@H](Cc2ccccc2)C(=O)N[C@@H](Cc2ccc(O)cc2)C(=O)N2CCCC[C@@H]2C(=O)N[C@@H](Cc2c[nH]c3ccccc23)C(=O)N[C@@H](Cc2ccc(O)cc2)C(=O)N[C@@H](CC(C)C)C(=O)N[C@H](C(=O)NCC(N)=O)CSCC(=O)N[C@@H](Cc2cc(F)c(F)c(F)c2)C(=O)N(C)[C@@H](Cc2ccccc2)C(=O)N1C. The normalized spacial score (nSPS) is 24.3. The number of benzene rings is 6. The highest BCUT2D eigenvalue weighted by atomic mass is 32.2. The zero-order chi connectivity index (χ0) is 99.9. The molecule has 1 aromatic heterocycles. The Morgan fingerprint density at radius 1 is 0.493 bits per heavy atom. The number of primary amides is 1. The van der Waals surface area contributed by atoms with Gasteiger partial charge in [-0.25, -0.2) is 13.2 Å². The Balaban J connectivity index is 0.994. The van der Waals surface area contributed by atoms with E-state index in [9.17, 15) is 29.0 Å². The minimum atomic E-state index is -1.84. The first-order valence-electron chi connectivity index (χ1n) is 46.9. The fourth-order valence-corrected chi connectivity index (χ4v) is 19.1. The van der Waals surface area contributed by atoms with Crippen molar-refractivity contribution in [2.24, 2.45) is 23.3 Å². The minimum Gasteiger partial charge on any atom is -0.508 e. The molecule has 15 N–H and O–H groups in total. The van der Waals surface area contributed by atoms with E-state index in [4.69, 9.17) is 11.5 Å². The van der Waals surface area contributed by atoms with Crippen molar-refractivity contribution in [1.82, 2.24) is 76.9 Å². The number of nitrogens with zero attached hydrogens (tertiary/aromatic N) is 6. The Labute approximate surface area is 803 Å². The van der Waals surface area contributed by atoms with Crippen molar-refractivity contribution in [2.75, 3.05) is 58.8 Å². The van der Waals surface area contributed by atoms with Crippen LogP contribution in [-0.4, -0.2) is 277 Å².